The third-order valence-electron chi connectivity index (χ3n) is 0. The quantitative estimate of drug-likeness (QED) is 0.327. The number of hydrogen-bond donors (Lipinski definition) is 0. The predicted molar refractivity (Wildman–Crippen MR) is 0.686 cm³/mol. The van der Waals surface area contributed by atoms with Crippen LogP contribution >= 0.6 is 0 Å². The Morgan fingerprint density at radius 2 is 0.667 bits per heavy atom. The molecule has 0 aromatic rings. The summed E-state index contributed by atoms with van der Waals surface area (Å²) in [5.41, 5.74) is 0. The standard InChI is InChI=1S/4La.O.Pd. The van der Waals surface area contributed by atoms with E-state index in [9.17, 15) is 0 Å². The molecule has 0 unspecified atom stereocenters. The Morgan fingerprint density at radius 1 is 0.667 bits per heavy atom. The molecule has 0 aliphatic carbocycles. The van der Waals surface area contributed by atoms with Gasteiger partial charge in [-0.1, -0.05) is 0 Å². The molecule has 0 aliphatic heterocycles. The van der Waals surface area contributed by atoms with Gasteiger partial charge in [0.2, 0.25) is 0 Å². The van der Waals surface area contributed by atoms with E-state index in [4.69, 9.17) is 3.47 Å². The first kappa shape index (κ1) is 30.3. The molecule has 0 saturated heterocycles. The molecule has 1 nitrogen and oxygen atoms in total. The zero-order valence-electron chi connectivity index (χ0n) is 3.03. The van der Waals surface area contributed by atoms with Gasteiger partial charge in [0.1, 0.15) is 0 Å². The zero-order valence-corrected chi connectivity index (χ0v) is 19.1. The summed E-state index contributed by atoms with van der Waals surface area (Å²) in [5.74, 6) is 0. The van der Waals surface area contributed by atoms with Crippen LogP contribution in [0.15, 0.2) is 0 Å². The van der Waals surface area contributed by atoms with Crippen molar-refractivity contribution >= 4 is 0 Å². The average Bonchev–Trinajstić information content (AvgIpc) is 1.00. The Labute approximate surface area is 160 Å². The van der Waals surface area contributed by atoms with Gasteiger partial charge in [-0.15, -0.1) is 0 Å². The first-order valence-corrected chi connectivity index (χ1v) is 0.764. The zero-order chi connectivity index (χ0) is 2.00. The minimum absolute atomic E-state index is 0. The topological polar surface area (TPSA) is 17.1 Å². The van der Waals surface area contributed by atoms with E-state index in [0.29, 0.717) is 0 Å². The monoisotopic (exact) mass is 678 g/mol. The second-order valence-corrected chi connectivity index (χ2v) is 0. The molecule has 6 heavy (non-hydrogen) atoms. The van der Waals surface area contributed by atoms with Gasteiger partial charge in [0.05, 0.1) is 0 Å². The molecular formula is La4OPd. The maximum atomic E-state index is 8.10. The molecular weight excluding hydrogens is 678 g/mol. The van der Waals surface area contributed by atoms with Gasteiger partial charge in [-0.2, -0.15) is 0 Å². The molecule has 4 radical (unpaired) electrons. The van der Waals surface area contributed by atoms with Crippen molar-refractivity contribution in [3.8, 4) is 0 Å². The van der Waals surface area contributed by atoms with E-state index in [2.05, 4.69) is 0 Å². The van der Waals surface area contributed by atoms with Crippen LogP contribution < -0.4 is 0 Å². The van der Waals surface area contributed by atoms with Gasteiger partial charge in [0.25, 0.3) is 0 Å². The first-order chi connectivity index (χ1) is 1.00. The molecule has 0 saturated carbocycles. The summed E-state index contributed by atoms with van der Waals surface area (Å²) in [4.78, 5) is 0. The van der Waals surface area contributed by atoms with Crippen LogP contribution in [-0.2, 0) is 22.6 Å². The summed E-state index contributed by atoms with van der Waals surface area (Å²) >= 11 is 1.50. The molecule has 6 heteroatoms. The van der Waals surface area contributed by atoms with Gasteiger partial charge in [0, 0.05) is 142 Å². The van der Waals surface area contributed by atoms with Crippen LogP contribution in [0.25, 0.3) is 0 Å². The van der Waals surface area contributed by atoms with Crippen LogP contribution in [0.3, 0.4) is 0 Å². The summed E-state index contributed by atoms with van der Waals surface area (Å²) in [6, 6.07) is 0. The second-order valence-electron chi connectivity index (χ2n) is 0. The van der Waals surface area contributed by atoms with Crippen LogP contribution in [0.2, 0.25) is 0 Å². The number of rotatable bonds is 0. The minimum atomic E-state index is 0. The van der Waals surface area contributed by atoms with Crippen molar-refractivity contribution in [3.63, 3.8) is 0 Å². The third-order valence-corrected chi connectivity index (χ3v) is 0. The Hall–Kier alpha value is 5.24. The van der Waals surface area contributed by atoms with E-state index >= 15 is 0 Å². The van der Waals surface area contributed by atoms with Crippen molar-refractivity contribution in [2.24, 2.45) is 0 Å². The Balaban J connectivity index is -0.000000000833. The van der Waals surface area contributed by atoms with Crippen molar-refractivity contribution in [1.29, 1.82) is 0 Å². The van der Waals surface area contributed by atoms with Crippen molar-refractivity contribution in [3.05, 3.63) is 0 Å². The van der Waals surface area contributed by atoms with Crippen molar-refractivity contribution in [2.45, 2.75) is 0 Å². The van der Waals surface area contributed by atoms with Crippen molar-refractivity contribution in [1.82, 2.24) is 0 Å². The molecule has 0 atom stereocenters. The van der Waals surface area contributed by atoms with Crippen LogP contribution in [0, 0.1) is 142 Å². The molecule has 0 aromatic carbocycles. The molecule has 0 aliphatic rings. The van der Waals surface area contributed by atoms with E-state index in [1.165, 1.54) is 19.2 Å². The molecule has 28 valence electrons. The Morgan fingerprint density at radius 3 is 0.667 bits per heavy atom. The first-order valence-electron chi connectivity index (χ1n) is 0.129. The van der Waals surface area contributed by atoms with Crippen molar-refractivity contribution in [2.75, 3.05) is 0 Å². The summed E-state index contributed by atoms with van der Waals surface area (Å²) < 4.78 is 8.10. The molecule has 0 bridgehead atoms. The fourth-order valence-corrected chi connectivity index (χ4v) is 0. The Bertz CT molecular complexity index is 7.51. The normalized spacial score (nSPS) is 1.00. The SMILES string of the molecule is [La].[La].[La].[La].[O]=[Pd]. The molecule has 0 fully saturated rings. The predicted octanol–water partition coefficient (Wildman–Crippen LogP) is -0.121. The molecule has 0 heterocycles. The fourth-order valence-electron chi connectivity index (χ4n) is 0. The van der Waals surface area contributed by atoms with Gasteiger partial charge in [-0.25, -0.2) is 0 Å². The molecule has 0 aromatic heterocycles. The van der Waals surface area contributed by atoms with Crippen LogP contribution in [0.1, 0.15) is 0 Å². The van der Waals surface area contributed by atoms with Gasteiger partial charge in [0.15, 0.2) is 0 Å². The number of hydrogen-bond acceptors (Lipinski definition) is 1. The fraction of sp³-hybridized carbons (Fsp3) is 0. The van der Waals surface area contributed by atoms with Gasteiger partial charge >= 0.3 is 22.6 Å². The van der Waals surface area contributed by atoms with Crippen molar-refractivity contribution < 1.29 is 165 Å². The van der Waals surface area contributed by atoms with E-state index in [1.54, 1.807) is 0 Å². The van der Waals surface area contributed by atoms with E-state index in [1.807, 2.05) is 0 Å². The van der Waals surface area contributed by atoms with E-state index in [-0.39, 0.29) is 142 Å². The third kappa shape index (κ3) is 22.8. The molecule has 0 spiro atoms. The van der Waals surface area contributed by atoms with Gasteiger partial charge < -0.3 is 0 Å². The average molecular weight is 678 g/mol. The second kappa shape index (κ2) is 31.8. The summed E-state index contributed by atoms with van der Waals surface area (Å²) in [7, 11) is 0. The van der Waals surface area contributed by atoms with Crippen LogP contribution in [0.4, 0.5) is 0 Å². The van der Waals surface area contributed by atoms with E-state index < -0.39 is 0 Å². The van der Waals surface area contributed by atoms with E-state index in [0.717, 1.165) is 0 Å². The van der Waals surface area contributed by atoms with Crippen LogP contribution in [0.5, 0.6) is 0 Å². The Kier molecular flexibility index (Phi) is 161. The maximum absolute atomic E-state index is 8.10. The molecule has 0 amide bonds. The summed E-state index contributed by atoms with van der Waals surface area (Å²) in [6.45, 7) is 0. The molecule has 0 rings (SSSR count). The summed E-state index contributed by atoms with van der Waals surface area (Å²) in [5, 5.41) is 0. The van der Waals surface area contributed by atoms with Gasteiger partial charge in [-0.05, 0) is 0 Å². The van der Waals surface area contributed by atoms with Crippen LogP contribution in [-0.4, -0.2) is 0 Å². The summed E-state index contributed by atoms with van der Waals surface area (Å²) in [6.07, 6.45) is 0. The van der Waals surface area contributed by atoms with Gasteiger partial charge in [-0.3, -0.25) is 0 Å². The molecule has 0 N–H and O–H groups in total.